The van der Waals surface area contributed by atoms with Crippen LogP contribution in [0.5, 0.6) is 0 Å². The van der Waals surface area contributed by atoms with E-state index in [-0.39, 0.29) is 0 Å². The number of nitrogens with zero attached hydrogens (tertiary/aromatic N) is 2. The molecule has 0 aliphatic heterocycles. The molecule has 1 aromatic rings. The summed E-state index contributed by atoms with van der Waals surface area (Å²) in [5.41, 5.74) is 2.32. The highest BCUT2D eigenvalue weighted by Gasteiger charge is 1.93. The molecule has 1 rings (SSSR count). The van der Waals surface area contributed by atoms with Crippen LogP contribution in [-0.4, -0.2) is 37.1 Å². The molecule has 0 fully saturated rings. The smallest absolute Gasteiger partial charge is 0.0372 e. The normalized spacial score (nSPS) is 10.9. The Morgan fingerprint density at radius 2 is 2.14 bits per heavy atom. The van der Waals surface area contributed by atoms with E-state index < -0.39 is 0 Å². The van der Waals surface area contributed by atoms with Gasteiger partial charge in [-0.2, -0.15) is 0 Å². The van der Waals surface area contributed by atoms with Crippen molar-refractivity contribution < 1.29 is 0 Å². The van der Waals surface area contributed by atoms with Crippen molar-refractivity contribution in [3.05, 3.63) is 29.6 Å². The minimum atomic E-state index is 0.904. The van der Waals surface area contributed by atoms with Crippen LogP contribution in [0, 0.1) is 6.92 Å². The van der Waals surface area contributed by atoms with Crippen molar-refractivity contribution in [3.63, 3.8) is 0 Å². The fraction of sp³-hybridized carbons (Fsp3) is 0.545. The number of nitrogens with one attached hydrogen (secondary N) is 1. The van der Waals surface area contributed by atoms with Crippen molar-refractivity contribution in [2.24, 2.45) is 0 Å². The van der Waals surface area contributed by atoms with Gasteiger partial charge in [0.2, 0.25) is 0 Å². The van der Waals surface area contributed by atoms with Crippen molar-refractivity contribution >= 4 is 0 Å². The molecule has 0 aliphatic carbocycles. The van der Waals surface area contributed by atoms with Crippen LogP contribution in [0.1, 0.15) is 11.3 Å². The van der Waals surface area contributed by atoms with Crippen LogP contribution < -0.4 is 5.32 Å². The monoisotopic (exact) mass is 193 g/mol. The van der Waals surface area contributed by atoms with Crippen molar-refractivity contribution in [2.45, 2.75) is 13.5 Å². The van der Waals surface area contributed by atoms with Crippen LogP contribution in [0.25, 0.3) is 0 Å². The molecule has 0 bridgehead atoms. The Bertz CT molecular complexity index is 254. The van der Waals surface area contributed by atoms with Crippen LogP contribution in [0.15, 0.2) is 18.3 Å². The fourth-order valence-electron chi connectivity index (χ4n) is 1.14. The molecule has 14 heavy (non-hydrogen) atoms. The van der Waals surface area contributed by atoms with Crippen molar-refractivity contribution in [1.29, 1.82) is 0 Å². The lowest BCUT2D eigenvalue weighted by Crippen LogP contribution is -2.26. The summed E-state index contributed by atoms with van der Waals surface area (Å²) in [4.78, 5) is 6.41. The van der Waals surface area contributed by atoms with E-state index in [1.165, 1.54) is 5.56 Å². The number of likely N-dealkylation sites (N-methyl/N-ethyl adjacent to an activating group) is 1. The summed E-state index contributed by atoms with van der Waals surface area (Å²) in [5, 5.41) is 3.37. The third-order valence-corrected chi connectivity index (χ3v) is 2.04. The van der Waals surface area contributed by atoms with Gasteiger partial charge in [0.15, 0.2) is 0 Å². The molecule has 1 aromatic heterocycles. The first kappa shape index (κ1) is 11.1. The Morgan fingerprint density at radius 1 is 1.36 bits per heavy atom. The van der Waals surface area contributed by atoms with E-state index in [0.29, 0.717) is 0 Å². The summed E-state index contributed by atoms with van der Waals surface area (Å²) in [6.45, 7) is 4.99. The van der Waals surface area contributed by atoms with E-state index in [4.69, 9.17) is 0 Å². The molecule has 3 nitrogen and oxygen atoms in total. The largest absolute Gasteiger partial charge is 0.311 e. The number of aromatic nitrogens is 1. The predicted octanol–water partition coefficient (Wildman–Crippen LogP) is 1.04. The van der Waals surface area contributed by atoms with Crippen LogP contribution in [-0.2, 0) is 6.54 Å². The Morgan fingerprint density at radius 3 is 2.71 bits per heavy atom. The highest BCUT2D eigenvalue weighted by Crippen LogP contribution is 1.97. The van der Waals surface area contributed by atoms with Crippen molar-refractivity contribution in [3.8, 4) is 0 Å². The number of pyridine rings is 1. The molecule has 0 unspecified atom stereocenters. The van der Waals surface area contributed by atoms with E-state index >= 15 is 0 Å². The second-order valence-electron chi connectivity index (χ2n) is 3.79. The topological polar surface area (TPSA) is 28.2 Å². The fourth-order valence-corrected chi connectivity index (χ4v) is 1.14. The molecule has 0 saturated carbocycles. The van der Waals surface area contributed by atoms with Crippen molar-refractivity contribution in [2.75, 3.05) is 27.2 Å². The van der Waals surface area contributed by atoms with Gasteiger partial charge in [-0.1, -0.05) is 6.07 Å². The van der Waals surface area contributed by atoms with Gasteiger partial charge in [-0.05, 0) is 32.6 Å². The molecule has 1 heterocycles. The molecule has 0 amide bonds. The third-order valence-electron chi connectivity index (χ3n) is 2.04. The molecule has 0 atom stereocenters. The zero-order valence-corrected chi connectivity index (χ0v) is 9.25. The summed E-state index contributed by atoms with van der Waals surface area (Å²) in [6, 6.07) is 4.16. The van der Waals surface area contributed by atoms with Crippen LogP contribution >= 0.6 is 0 Å². The lowest BCUT2D eigenvalue weighted by molar-refractivity contribution is 0.400. The van der Waals surface area contributed by atoms with Gasteiger partial charge in [-0.3, -0.25) is 4.98 Å². The summed E-state index contributed by atoms with van der Waals surface area (Å²) in [7, 11) is 4.16. The number of aryl methyl sites for hydroxylation is 1. The van der Waals surface area contributed by atoms with Gasteiger partial charge in [0.1, 0.15) is 0 Å². The second kappa shape index (κ2) is 5.73. The highest BCUT2D eigenvalue weighted by molar-refractivity contribution is 5.12. The molecular weight excluding hydrogens is 174 g/mol. The van der Waals surface area contributed by atoms with Crippen LogP contribution in [0.2, 0.25) is 0 Å². The molecule has 0 aliphatic rings. The molecule has 78 valence electrons. The first-order valence-corrected chi connectivity index (χ1v) is 4.95. The maximum Gasteiger partial charge on any atom is 0.0372 e. The Balaban J connectivity index is 2.21. The summed E-state index contributed by atoms with van der Waals surface area (Å²) in [5.74, 6) is 0. The molecule has 0 saturated heterocycles. The van der Waals surface area contributed by atoms with Gasteiger partial charge in [0, 0.05) is 31.5 Å². The van der Waals surface area contributed by atoms with Crippen LogP contribution in [0.4, 0.5) is 0 Å². The zero-order chi connectivity index (χ0) is 10.4. The average molecular weight is 193 g/mol. The lowest BCUT2D eigenvalue weighted by atomic mass is 10.2. The summed E-state index contributed by atoms with van der Waals surface area (Å²) in [6.07, 6.45) is 1.93. The molecular formula is C11H19N3. The van der Waals surface area contributed by atoms with E-state index in [1.807, 2.05) is 19.2 Å². The van der Waals surface area contributed by atoms with Gasteiger partial charge < -0.3 is 10.2 Å². The third kappa shape index (κ3) is 4.35. The van der Waals surface area contributed by atoms with Gasteiger partial charge in [0.25, 0.3) is 0 Å². The van der Waals surface area contributed by atoms with Gasteiger partial charge in [0.05, 0.1) is 0 Å². The quantitative estimate of drug-likeness (QED) is 0.708. The standard InChI is InChI=1S/C11H19N3/c1-10-4-5-11(9-13-10)8-12-6-7-14(2)3/h4-5,9,12H,6-8H2,1-3H3. The van der Waals surface area contributed by atoms with E-state index in [1.54, 1.807) is 0 Å². The maximum absolute atomic E-state index is 4.24. The molecule has 3 heteroatoms. The van der Waals surface area contributed by atoms with Crippen LogP contribution in [0.3, 0.4) is 0 Å². The number of hydrogen-bond acceptors (Lipinski definition) is 3. The average Bonchev–Trinajstić information content (AvgIpc) is 2.15. The molecule has 0 spiro atoms. The minimum Gasteiger partial charge on any atom is -0.311 e. The summed E-state index contributed by atoms with van der Waals surface area (Å²) < 4.78 is 0. The first-order valence-electron chi connectivity index (χ1n) is 4.95. The van der Waals surface area contributed by atoms with E-state index in [2.05, 4.69) is 35.4 Å². The van der Waals surface area contributed by atoms with Crippen molar-refractivity contribution in [1.82, 2.24) is 15.2 Å². The first-order chi connectivity index (χ1) is 6.68. The minimum absolute atomic E-state index is 0.904. The lowest BCUT2D eigenvalue weighted by Gasteiger charge is -2.10. The molecule has 0 radical (unpaired) electrons. The van der Waals surface area contributed by atoms with Gasteiger partial charge in [-0.15, -0.1) is 0 Å². The SMILES string of the molecule is Cc1ccc(CNCCN(C)C)cn1. The zero-order valence-electron chi connectivity index (χ0n) is 9.25. The number of hydrogen-bond donors (Lipinski definition) is 1. The predicted molar refractivity (Wildman–Crippen MR) is 59.2 cm³/mol. The summed E-state index contributed by atoms with van der Waals surface area (Å²) >= 11 is 0. The van der Waals surface area contributed by atoms with E-state index in [0.717, 1.165) is 25.3 Å². The maximum atomic E-state index is 4.24. The highest BCUT2D eigenvalue weighted by atomic mass is 15.1. The van der Waals surface area contributed by atoms with Gasteiger partial charge in [-0.25, -0.2) is 0 Å². The Labute approximate surface area is 86.2 Å². The molecule has 0 aromatic carbocycles. The Hall–Kier alpha value is -0.930. The van der Waals surface area contributed by atoms with Gasteiger partial charge >= 0.3 is 0 Å². The second-order valence-corrected chi connectivity index (χ2v) is 3.79. The van der Waals surface area contributed by atoms with E-state index in [9.17, 15) is 0 Å². The number of rotatable bonds is 5. The molecule has 1 N–H and O–H groups in total. The Kier molecular flexibility index (Phi) is 4.56.